The Labute approximate surface area is 145 Å². The van der Waals surface area contributed by atoms with Crippen molar-refractivity contribution in [2.45, 2.75) is 6.92 Å². The molecule has 4 heteroatoms. The number of para-hydroxylation sites is 2. The second-order valence-corrected chi connectivity index (χ2v) is 5.45. The summed E-state index contributed by atoms with van der Waals surface area (Å²) in [6.07, 6.45) is 0. The molecule has 0 saturated heterocycles. The summed E-state index contributed by atoms with van der Waals surface area (Å²) in [5.74, 6) is -0.382. The van der Waals surface area contributed by atoms with E-state index in [2.05, 4.69) is 0 Å². The summed E-state index contributed by atoms with van der Waals surface area (Å²) in [4.78, 5) is 25.0. The van der Waals surface area contributed by atoms with Crippen LogP contribution in [0, 0.1) is 6.92 Å². The van der Waals surface area contributed by atoms with E-state index in [0.717, 1.165) is 5.56 Å². The fourth-order valence-electron chi connectivity index (χ4n) is 2.31. The zero-order chi connectivity index (χ0) is 17.6. The number of hydrogen-bond donors (Lipinski definition) is 0. The summed E-state index contributed by atoms with van der Waals surface area (Å²) in [6, 6.07) is 22.4. The average Bonchev–Trinajstić information content (AvgIpc) is 2.63. The molecular formula is C21H16O4. The highest BCUT2D eigenvalue weighted by molar-refractivity contribution is 6.04. The molecule has 3 rings (SSSR count). The maximum absolute atomic E-state index is 12.5. The molecule has 0 fully saturated rings. The predicted molar refractivity (Wildman–Crippen MR) is 94.0 cm³/mol. The number of rotatable bonds is 4. The molecule has 3 aromatic carbocycles. The molecule has 0 unspecified atom stereocenters. The lowest BCUT2D eigenvalue weighted by molar-refractivity contribution is 0.0692. The summed E-state index contributed by atoms with van der Waals surface area (Å²) in [5, 5.41) is 0. The molecule has 25 heavy (non-hydrogen) atoms. The molecule has 0 saturated carbocycles. The fourth-order valence-corrected chi connectivity index (χ4v) is 2.31. The normalized spacial score (nSPS) is 10.1. The Kier molecular flexibility index (Phi) is 4.90. The summed E-state index contributed by atoms with van der Waals surface area (Å²) >= 11 is 0. The van der Waals surface area contributed by atoms with Crippen LogP contribution >= 0.6 is 0 Å². The number of ether oxygens (including phenoxy) is 2. The SMILES string of the molecule is Cc1ccc(C(=O)Oc2ccccc2)c(C(=O)Oc2ccccc2)c1. The van der Waals surface area contributed by atoms with Crippen molar-refractivity contribution in [3.8, 4) is 11.5 Å². The van der Waals surface area contributed by atoms with E-state index in [-0.39, 0.29) is 11.1 Å². The standard InChI is InChI=1S/C21H16O4/c1-15-12-13-18(20(22)24-16-8-4-2-5-9-16)19(14-15)21(23)25-17-10-6-3-7-11-17/h2-14H,1H3. The van der Waals surface area contributed by atoms with Crippen molar-refractivity contribution in [1.29, 1.82) is 0 Å². The number of carbonyl (C=O) groups is 2. The number of hydrogen-bond acceptors (Lipinski definition) is 4. The molecule has 3 aromatic rings. The highest BCUT2D eigenvalue weighted by Crippen LogP contribution is 2.19. The van der Waals surface area contributed by atoms with E-state index < -0.39 is 11.9 Å². The van der Waals surface area contributed by atoms with Gasteiger partial charge in [-0.3, -0.25) is 0 Å². The van der Waals surface area contributed by atoms with Gasteiger partial charge in [0.1, 0.15) is 11.5 Å². The third-order valence-electron chi connectivity index (χ3n) is 3.52. The van der Waals surface area contributed by atoms with Crippen LogP contribution in [-0.4, -0.2) is 11.9 Å². The van der Waals surface area contributed by atoms with Crippen molar-refractivity contribution in [1.82, 2.24) is 0 Å². The smallest absolute Gasteiger partial charge is 0.344 e. The molecule has 0 atom stereocenters. The van der Waals surface area contributed by atoms with E-state index in [4.69, 9.17) is 9.47 Å². The first-order chi connectivity index (χ1) is 12.1. The first-order valence-electron chi connectivity index (χ1n) is 7.78. The minimum absolute atomic E-state index is 0.162. The first kappa shape index (κ1) is 16.5. The Hall–Kier alpha value is -3.40. The molecule has 0 radical (unpaired) electrons. The molecule has 0 bridgehead atoms. The van der Waals surface area contributed by atoms with Gasteiger partial charge >= 0.3 is 11.9 Å². The molecule has 0 N–H and O–H groups in total. The van der Waals surface area contributed by atoms with Crippen molar-refractivity contribution in [3.05, 3.63) is 95.6 Å². The van der Waals surface area contributed by atoms with Crippen LogP contribution in [0.1, 0.15) is 26.3 Å². The van der Waals surface area contributed by atoms with Crippen LogP contribution in [0.15, 0.2) is 78.9 Å². The van der Waals surface area contributed by atoms with Gasteiger partial charge in [-0.1, -0.05) is 48.0 Å². The number of aryl methyl sites for hydroxylation is 1. The van der Waals surface area contributed by atoms with Crippen molar-refractivity contribution in [3.63, 3.8) is 0 Å². The van der Waals surface area contributed by atoms with E-state index in [0.29, 0.717) is 11.5 Å². The number of esters is 2. The summed E-state index contributed by atoms with van der Waals surface area (Å²) in [6.45, 7) is 1.84. The van der Waals surface area contributed by atoms with Crippen LogP contribution in [0.5, 0.6) is 11.5 Å². The molecule has 0 aliphatic carbocycles. The summed E-state index contributed by atoms with van der Waals surface area (Å²) in [7, 11) is 0. The van der Waals surface area contributed by atoms with Crippen LogP contribution in [0.25, 0.3) is 0 Å². The van der Waals surface area contributed by atoms with Gasteiger partial charge in [0.2, 0.25) is 0 Å². The van der Waals surface area contributed by atoms with Gasteiger partial charge in [-0.25, -0.2) is 9.59 Å². The maximum atomic E-state index is 12.5. The minimum Gasteiger partial charge on any atom is -0.423 e. The van der Waals surface area contributed by atoms with Crippen molar-refractivity contribution in [2.75, 3.05) is 0 Å². The molecule has 0 aromatic heterocycles. The molecule has 0 amide bonds. The molecule has 0 aliphatic rings. The van der Waals surface area contributed by atoms with Crippen LogP contribution in [-0.2, 0) is 0 Å². The summed E-state index contributed by atoms with van der Waals surface area (Å²) in [5.41, 5.74) is 1.18. The molecule has 4 nitrogen and oxygen atoms in total. The Morgan fingerprint density at radius 2 is 1.12 bits per heavy atom. The molecule has 0 spiro atoms. The largest absolute Gasteiger partial charge is 0.423 e. The minimum atomic E-state index is -0.605. The van der Waals surface area contributed by atoms with Crippen LogP contribution in [0.4, 0.5) is 0 Å². The fraction of sp³-hybridized carbons (Fsp3) is 0.0476. The van der Waals surface area contributed by atoms with E-state index in [9.17, 15) is 9.59 Å². The van der Waals surface area contributed by atoms with Gasteiger partial charge in [0.25, 0.3) is 0 Å². The van der Waals surface area contributed by atoms with E-state index >= 15 is 0 Å². The zero-order valence-corrected chi connectivity index (χ0v) is 13.6. The van der Waals surface area contributed by atoms with E-state index in [1.54, 1.807) is 66.7 Å². The lowest BCUT2D eigenvalue weighted by Gasteiger charge is -2.10. The topological polar surface area (TPSA) is 52.6 Å². The Morgan fingerprint density at radius 1 is 0.640 bits per heavy atom. The van der Waals surface area contributed by atoms with Gasteiger partial charge in [0.05, 0.1) is 11.1 Å². The van der Waals surface area contributed by atoms with Gasteiger partial charge in [-0.05, 0) is 43.3 Å². The zero-order valence-electron chi connectivity index (χ0n) is 13.6. The highest BCUT2D eigenvalue weighted by Gasteiger charge is 2.20. The van der Waals surface area contributed by atoms with Gasteiger partial charge in [0, 0.05) is 0 Å². The average molecular weight is 332 g/mol. The molecular weight excluding hydrogens is 316 g/mol. The Balaban J connectivity index is 1.87. The third kappa shape index (κ3) is 4.12. The second kappa shape index (κ2) is 7.45. The highest BCUT2D eigenvalue weighted by atomic mass is 16.5. The summed E-state index contributed by atoms with van der Waals surface area (Å²) < 4.78 is 10.7. The van der Waals surface area contributed by atoms with Crippen molar-refractivity contribution < 1.29 is 19.1 Å². The first-order valence-corrected chi connectivity index (χ1v) is 7.78. The van der Waals surface area contributed by atoms with E-state index in [1.807, 2.05) is 19.1 Å². The lowest BCUT2D eigenvalue weighted by atomic mass is 10.0. The van der Waals surface area contributed by atoms with Crippen molar-refractivity contribution >= 4 is 11.9 Å². The van der Waals surface area contributed by atoms with Crippen LogP contribution in [0.2, 0.25) is 0 Å². The maximum Gasteiger partial charge on any atom is 0.344 e. The Morgan fingerprint density at radius 3 is 1.64 bits per heavy atom. The monoisotopic (exact) mass is 332 g/mol. The van der Waals surface area contributed by atoms with Crippen LogP contribution < -0.4 is 9.47 Å². The van der Waals surface area contributed by atoms with Crippen molar-refractivity contribution in [2.24, 2.45) is 0 Å². The molecule has 0 aliphatic heterocycles. The molecule has 0 heterocycles. The van der Waals surface area contributed by atoms with Gasteiger partial charge in [0.15, 0.2) is 0 Å². The second-order valence-electron chi connectivity index (χ2n) is 5.45. The molecule has 124 valence electrons. The van der Waals surface area contributed by atoms with Gasteiger partial charge in [-0.15, -0.1) is 0 Å². The van der Waals surface area contributed by atoms with E-state index in [1.165, 1.54) is 0 Å². The van der Waals surface area contributed by atoms with Crippen LogP contribution in [0.3, 0.4) is 0 Å². The predicted octanol–water partition coefficient (Wildman–Crippen LogP) is 4.43. The third-order valence-corrected chi connectivity index (χ3v) is 3.52. The lowest BCUT2D eigenvalue weighted by Crippen LogP contribution is -2.17. The Bertz CT molecular complexity index is 886. The van der Waals surface area contributed by atoms with Gasteiger partial charge < -0.3 is 9.47 Å². The quantitative estimate of drug-likeness (QED) is 0.524. The number of benzene rings is 3. The van der Waals surface area contributed by atoms with Gasteiger partial charge in [-0.2, -0.15) is 0 Å². The number of carbonyl (C=O) groups excluding carboxylic acids is 2.